The van der Waals surface area contributed by atoms with Gasteiger partial charge in [-0.3, -0.25) is 4.79 Å². The van der Waals surface area contributed by atoms with E-state index < -0.39 is 0 Å². The van der Waals surface area contributed by atoms with Gasteiger partial charge in [-0.25, -0.2) is 15.0 Å². The van der Waals surface area contributed by atoms with Crippen LogP contribution in [0.25, 0.3) is 11.2 Å². The molecule has 0 aliphatic heterocycles. The van der Waals surface area contributed by atoms with E-state index in [2.05, 4.69) is 30.9 Å². The summed E-state index contributed by atoms with van der Waals surface area (Å²) in [7, 11) is 0. The Morgan fingerprint density at radius 2 is 2.08 bits per heavy atom. The molecule has 7 nitrogen and oxygen atoms in total. The van der Waals surface area contributed by atoms with E-state index in [9.17, 15) is 4.79 Å². The fraction of sp³-hybridized carbons (Fsp3) is 0.250. The van der Waals surface area contributed by atoms with Crippen molar-refractivity contribution in [2.75, 3.05) is 12.3 Å². The molecule has 9 heteroatoms. The van der Waals surface area contributed by atoms with Gasteiger partial charge in [-0.1, -0.05) is 27.7 Å². The summed E-state index contributed by atoms with van der Waals surface area (Å²) in [6, 6.07) is 7.97. The highest BCUT2D eigenvalue weighted by Gasteiger charge is 2.15. The van der Waals surface area contributed by atoms with Gasteiger partial charge in [0.15, 0.2) is 22.1 Å². The second-order valence-corrected chi connectivity index (χ2v) is 7.18. The summed E-state index contributed by atoms with van der Waals surface area (Å²) in [6.45, 7) is 2.35. The third-order valence-electron chi connectivity index (χ3n) is 3.38. The summed E-state index contributed by atoms with van der Waals surface area (Å²) >= 11 is 4.95. The average molecular weight is 422 g/mol. The standard InChI is InChI=1S/C16H16BrN5O2S/c1-10(23)24-8-2-7-22-15-13(14(18)19-9-20-15)21-16(22)25-12-5-3-11(17)4-6-12/h3-6,9H,2,7-8H2,1H3,(H2,18,19,20). The summed E-state index contributed by atoms with van der Waals surface area (Å²) in [5.41, 5.74) is 7.19. The normalized spacial score (nSPS) is 11.0. The van der Waals surface area contributed by atoms with E-state index in [1.165, 1.54) is 25.0 Å². The Hall–Kier alpha value is -2.13. The minimum atomic E-state index is -0.286. The molecule has 0 spiro atoms. The number of anilines is 1. The van der Waals surface area contributed by atoms with Gasteiger partial charge in [0.2, 0.25) is 0 Å². The molecule has 0 fully saturated rings. The van der Waals surface area contributed by atoms with Crippen molar-refractivity contribution in [2.45, 2.75) is 29.9 Å². The number of esters is 1. The minimum absolute atomic E-state index is 0.286. The third-order valence-corrected chi connectivity index (χ3v) is 4.91. The zero-order valence-electron chi connectivity index (χ0n) is 13.5. The molecule has 0 saturated carbocycles. The maximum absolute atomic E-state index is 10.9. The van der Waals surface area contributed by atoms with Crippen molar-refractivity contribution in [1.29, 1.82) is 0 Å². The van der Waals surface area contributed by atoms with E-state index in [1.54, 1.807) is 0 Å². The van der Waals surface area contributed by atoms with Crippen molar-refractivity contribution in [2.24, 2.45) is 0 Å². The second kappa shape index (κ2) is 7.83. The number of nitrogen functional groups attached to an aromatic ring is 1. The molecule has 0 radical (unpaired) electrons. The third kappa shape index (κ3) is 4.29. The molecule has 0 bridgehead atoms. The summed E-state index contributed by atoms with van der Waals surface area (Å²) in [5, 5.41) is 0.771. The topological polar surface area (TPSA) is 95.9 Å². The SMILES string of the molecule is CC(=O)OCCCn1c(Sc2ccc(Br)cc2)nc2c(N)ncnc21. The number of hydrogen-bond acceptors (Lipinski definition) is 7. The molecule has 0 aliphatic carbocycles. The summed E-state index contributed by atoms with van der Waals surface area (Å²) < 4.78 is 8.00. The molecule has 2 N–H and O–H groups in total. The maximum atomic E-state index is 10.9. The Morgan fingerprint density at radius 3 is 2.80 bits per heavy atom. The number of nitrogens with zero attached hydrogens (tertiary/aromatic N) is 4. The lowest BCUT2D eigenvalue weighted by Gasteiger charge is -2.08. The molecule has 1 aromatic carbocycles. The molecule has 0 unspecified atom stereocenters. The van der Waals surface area contributed by atoms with Crippen molar-refractivity contribution >= 4 is 50.6 Å². The van der Waals surface area contributed by atoms with Gasteiger partial charge in [0, 0.05) is 22.8 Å². The zero-order valence-corrected chi connectivity index (χ0v) is 15.9. The van der Waals surface area contributed by atoms with Crippen LogP contribution in [-0.4, -0.2) is 32.1 Å². The number of aromatic nitrogens is 4. The number of imidazole rings is 1. The quantitative estimate of drug-likeness (QED) is 0.481. The molecule has 130 valence electrons. The summed E-state index contributed by atoms with van der Waals surface area (Å²) in [6.07, 6.45) is 2.08. The monoisotopic (exact) mass is 421 g/mol. The number of rotatable bonds is 6. The van der Waals surface area contributed by atoms with Crippen LogP contribution in [0.15, 0.2) is 45.1 Å². The van der Waals surface area contributed by atoms with E-state index in [4.69, 9.17) is 10.5 Å². The summed E-state index contributed by atoms with van der Waals surface area (Å²) in [5.74, 6) is 0.0629. The minimum Gasteiger partial charge on any atom is -0.466 e. The highest BCUT2D eigenvalue weighted by Crippen LogP contribution is 2.31. The number of benzene rings is 1. The molecule has 25 heavy (non-hydrogen) atoms. The molecular formula is C16H16BrN5O2S. The zero-order chi connectivity index (χ0) is 17.8. The lowest BCUT2D eigenvalue weighted by Crippen LogP contribution is -2.07. The molecule has 0 aliphatic rings. The van der Waals surface area contributed by atoms with Gasteiger partial charge in [0.1, 0.15) is 6.33 Å². The van der Waals surface area contributed by atoms with Crippen LogP contribution in [-0.2, 0) is 16.1 Å². The lowest BCUT2D eigenvalue weighted by atomic mass is 10.4. The first kappa shape index (κ1) is 17.7. The number of fused-ring (bicyclic) bond motifs is 1. The van der Waals surface area contributed by atoms with Crippen LogP contribution in [0.2, 0.25) is 0 Å². The van der Waals surface area contributed by atoms with E-state index in [1.807, 2.05) is 28.8 Å². The van der Waals surface area contributed by atoms with E-state index in [-0.39, 0.29) is 5.97 Å². The van der Waals surface area contributed by atoms with Crippen molar-refractivity contribution in [1.82, 2.24) is 19.5 Å². The van der Waals surface area contributed by atoms with Gasteiger partial charge in [0.25, 0.3) is 0 Å². The lowest BCUT2D eigenvalue weighted by molar-refractivity contribution is -0.141. The average Bonchev–Trinajstić information content (AvgIpc) is 2.92. The van der Waals surface area contributed by atoms with Crippen molar-refractivity contribution < 1.29 is 9.53 Å². The Kier molecular flexibility index (Phi) is 5.54. The highest BCUT2D eigenvalue weighted by molar-refractivity contribution is 9.10. The number of carbonyl (C=O) groups is 1. The van der Waals surface area contributed by atoms with Gasteiger partial charge in [0.05, 0.1) is 6.61 Å². The number of aryl methyl sites for hydroxylation is 1. The van der Waals surface area contributed by atoms with Crippen LogP contribution in [0, 0.1) is 0 Å². The maximum Gasteiger partial charge on any atom is 0.302 e. The van der Waals surface area contributed by atoms with Gasteiger partial charge in [-0.15, -0.1) is 0 Å². The molecule has 3 aromatic rings. The predicted octanol–water partition coefficient (Wildman–Crippen LogP) is 3.28. The molecule has 2 aromatic heterocycles. The molecule has 3 rings (SSSR count). The molecule has 0 amide bonds. The largest absolute Gasteiger partial charge is 0.466 e. The fourth-order valence-electron chi connectivity index (χ4n) is 2.26. The number of hydrogen-bond donors (Lipinski definition) is 1. The molecule has 0 saturated heterocycles. The number of nitrogens with two attached hydrogens (primary N) is 1. The second-order valence-electron chi connectivity index (χ2n) is 5.23. The van der Waals surface area contributed by atoms with Crippen LogP contribution < -0.4 is 5.73 Å². The first-order valence-corrected chi connectivity index (χ1v) is 9.19. The van der Waals surface area contributed by atoms with Crippen LogP contribution >= 0.6 is 27.7 Å². The Balaban J connectivity index is 1.89. The van der Waals surface area contributed by atoms with E-state index in [0.717, 1.165) is 14.5 Å². The van der Waals surface area contributed by atoms with Gasteiger partial charge < -0.3 is 15.0 Å². The van der Waals surface area contributed by atoms with E-state index in [0.29, 0.717) is 36.6 Å². The van der Waals surface area contributed by atoms with Crippen molar-refractivity contribution in [3.05, 3.63) is 35.1 Å². The van der Waals surface area contributed by atoms with Crippen LogP contribution in [0.5, 0.6) is 0 Å². The molecule has 0 atom stereocenters. The number of ether oxygens (including phenoxy) is 1. The van der Waals surface area contributed by atoms with Crippen LogP contribution in [0.4, 0.5) is 5.82 Å². The predicted molar refractivity (Wildman–Crippen MR) is 99.3 cm³/mol. The summed E-state index contributed by atoms with van der Waals surface area (Å²) in [4.78, 5) is 24.9. The van der Waals surface area contributed by atoms with Crippen LogP contribution in [0.3, 0.4) is 0 Å². The van der Waals surface area contributed by atoms with Crippen LogP contribution in [0.1, 0.15) is 13.3 Å². The van der Waals surface area contributed by atoms with Gasteiger partial charge in [-0.05, 0) is 30.7 Å². The highest BCUT2D eigenvalue weighted by atomic mass is 79.9. The first-order chi connectivity index (χ1) is 12.0. The Morgan fingerprint density at radius 1 is 1.32 bits per heavy atom. The van der Waals surface area contributed by atoms with Gasteiger partial charge >= 0.3 is 5.97 Å². The molecule has 2 heterocycles. The Labute approximate surface area is 157 Å². The number of halogens is 1. The van der Waals surface area contributed by atoms with Gasteiger partial charge in [-0.2, -0.15) is 0 Å². The molecular weight excluding hydrogens is 406 g/mol. The van der Waals surface area contributed by atoms with E-state index >= 15 is 0 Å². The Bertz CT molecular complexity index is 897. The number of carbonyl (C=O) groups excluding carboxylic acids is 1. The van der Waals surface area contributed by atoms with Crippen molar-refractivity contribution in [3.63, 3.8) is 0 Å². The van der Waals surface area contributed by atoms with Crippen molar-refractivity contribution in [3.8, 4) is 0 Å². The first-order valence-electron chi connectivity index (χ1n) is 7.58. The fourth-order valence-corrected chi connectivity index (χ4v) is 3.43. The smallest absolute Gasteiger partial charge is 0.302 e.